The summed E-state index contributed by atoms with van der Waals surface area (Å²) < 4.78 is 0. The van der Waals surface area contributed by atoms with Gasteiger partial charge in [-0.05, 0) is 24.8 Å². The summed E-state index contributed by atoms with van der Waals surface area (Å²) >= 11 is 2.95. The Balaban J connectivity index is 1.82. The molecule has 92 valence electrons. The van der Waals surface area contributed by atoms with Crippen LogP contribution in [-0.2, 0) is 0 Å². The molecule has 1 saturated heterocycles. The van der Waals surface area contributed by atoms with Gasteiger partial charge in [0, 0.05) is 6.04 Å². The van der Waals surface area contributed by atoms with Crippen molar-refractivity contribution in [3.05, 3.63) is 22.4 Å². The topological polar surface area (TPSA) is 58.2 Å². The number of urea groups is 1. The molecule has 2 unspecified atom stereocenters. The predicted molar refractivity (Wildman–Crippen MR) is 70.6 cm³/mol. The third kappa shape index (κ3) is 3.47. The number of nitrogens with one attached hydrogen (secondary N) is 2. The summed E-state index contributed by atoms with van der Waals surface area (Å²) in [5.74, 6) is 0.545. The fourth-order valence-corrected chi connectivity index (χ4v) is 3.52. The zero-order chi connectivity index (χ0) is 12.3. The maximum atomic E-state index is 11.8. The van der Waals surface area contributed by atoms with Crippen LogP contribution >= 0.6 is 23.1 Å². The van der Waals surface area contributed by atoms with E-state index in [1.807, 2.05) is 24.4 Å². The van der Waals surface area contributed by atoms with Crippen LogP contribution < -0.4 is 10.6 Å². The molecule has 1 aromatic heterocycles. The van der Waals surface area contributed by atoms with Crippen molar-refractivity contribution in [1.82, 2.24) is 10.6 Å². The standard InChI is InChI=1S/C11H14N2O2S2/c1-7-5-10(13-11(15)12-7)17-6-8(14)9-3-2-4-16-9/h2-4,7,10H,5-6H2,1H3,(H2,12,13,15). The average Bonchev–Trinajstić information content (AvgIpc) is 2.78. The summed E-state index contributed by atoms with van der Waals surface area (Å²) in [5, 5.41) is 7.52. The summed E-state index contributed by atoms with van der Waals surface area (Å²) in [5.41, 5.74) is 0. The van der Waals surface area contributed by atoms with E-state index in [0.29, 0.717) is 5.75 Å². The Hall–Kier alpha value is -1.01. The second-order valence-electron chi connectivity index (χ2n) is 3.95. The first kappa shape index (κ1) is 12.4. The fourth-order valence-electron chi connectivity index (χ4n) is 1.64. The highest BCUT2D eigenvalue weighted by molar-refractivity contribution is 8.00. The minimum atomic E-state index is -0.148. The van der Waals surface area contributed by atoms with Gasteiger partial charge in [-0.3, -0.25) is 4.79 Å². The van der Waals surface area contributed by atoms with Gasteiger partial charge in [-0.15, -0.1) is 23.1 Å². The zero-order valence-corrected chi connectivity index (χ0v) is 11.1. The second kappa shape index (κ2) is 5.55. The minimum Gasteiger partial charge on any atom is -0.336 e. The van der Waals surface area contributed by atoms with Gasteiger partial charge in [-0.1, -0.05) is 6.07 Å². The molecule has 6 heteroatoms. The molecular formula is C11H14N2O2S2. The third-order valence-electron chi connectivity index (χ3n) is 2.45. The largest absolute Gasteiger partial charge is 0.336 e. The number of ketones is 1. The highest BCUT2D eigenvalue weighted by Gasteiger charge is 2.23. The van der Waals surface area contributed by atoms with Gasteiger partial charge >= 0.3 is 6.03 Å². The third-order valence-corrected chi connectivity index (χ3v) is 4.50. The van der Waals surface area contributed by atoms with Crippen molar-refractivity contribution in [2.75, 3.05) is 5.75 Å². The number of thioether (sulfide) groups is 1. The first-order valence-electron chi connectivity index (χ1n) is 5.40. The van der Waals surface area contributed by atoms with Crippen LogP contribution in [0.25, 0.3) is 0 Å². The molecule has 1 aliphatic rings. The Labute approximate surface area is 108 Å². The van der Waals surface area contributed by atoms with Gasteiger partial charge in [0.05, 0.1) is 16.0 Å². The van der Waals surface area contributed by atoms with Crippen molar-refractivity contribution in [2.24, 2.45) is 0 Å². The number of thiophene rings is 1. The Morgan fingerprint density at radius 1 is 1.59 bits per heavy atom. The van der Waals surface area contributed by atoms with Crippen LogP contribution in [0.3, 0.4) is 0 Å². The van der Waals surface area contributed by atoms with E-state index in [-0.39, 0.29) is 23.2 Å². The molecule has 2 heterocycles. The van der Waals surface area contributed by atoms with E-state index < -0.39 is 0 Å². The average molecular weight is 270 g/mol. The van der Waals surface area contributed by atoms with Crippen molar-refractivity contribution in [2.45, 2.75) is 24.8 Å². The number of hydrogen-bond acceptors (Lipinski definition) is 4. The summed E-state index contributed by atoms with van der Waals surface area (Å²) in [6.45, 7) is 1.97. The Morgan fingerprint density at radius 2 is 2.41 bits per heavy atom. The molecule has 0 radical (unpaired) electrons. The summed E-state index contributed by atoms with van der Waals surface area (Å²) in [6, 6.07) is 3.72. The monoisotopic (exact) mass is 270 g/mol. The van der Waals surface area contributed by atoms with Gasteiger partial charge in [0.2, 0.25) is 0 Å². The zero-order valence-electron chi connectivity index (χ0n) is 9.43. The van der Waals surface area contributed by atoms with Gasteiger partial charge in [-0.2, -0.15) is 0 Å². The second-order valence-corrected chi connectivity index (χ2v) is 6.09. The maximum Gasteiger partial charge on any atom is 0.315 e. The molecule has 1 aliphatic heterocycles. The van der Waals surface area contributed by atoms with Crippen LogP contribution in [0.2, 0.25) is 0 Å². The molecular weight excluding hydrogens is 256 g/mol. The molecule has 2 N–H and O–H groups in total. The lowest BCUT2D eigenvalue weighted by molar-refractivity contribution is 0.102. The van der Waals surface area contributed by atoms with Crippen molar-refractivity contribution in [3.8, 4) is 0 Å². The lowest BCUT2D eigenvalue weighted by Crippen LogP contribution is -2.52. The van der Waals surface area contributed by atoms with Crippen LogP contribution in [0.4, 0.5) is 4.79 Å². The Bertz CT molecular complexity index is 406. The first-order valence-corrected chi connectivity index (χ1v) is 7.33. The SMILES string of the molecule is CC1CC(SCC(=O)c2cccs2)NC(=O)N1. The highest BCUT2D eigenvalue weighted by atomic mass is 32.2. The fraction of sp³-hybridized carbons (Fsp3) is 0.455. The van der Waals surface area contributed by atoms with Gasteiger partial charge in [-0.25, -0.2) is 4.79 Å². The summed E-state index contributed by atoms with van der Waals surface area (Å²) in [4.78, 5) is 23.8. The maximum absolute atomic E-state index is 11.8. The molecule has 2 atom stereocenters. The molecule has 0 aliphatic carbocycles. The van der Waals surface area contributed by atoms with Crippen LogP contribution in [0, 0.1) is 0 Å². The number of Topliss-reactive ketones (excluding diaryl/α,β-unsaturated/α-hetero) is 1. The van der Waals surface area contributed by atoms with Crippen molar-refractivity contribution >= 4 is 34.9 Å². The summed E-state index contributed by atoms with van der Waals surface area (Å²) in [7, 11) is 0. The minimum absolute atomic E-state index is 0.0302. The Kier molecular flexibility index (Phi) is 4.06. The molecule has 0 saturated carbocycles. The van der Waals surface area contributed by atoms with Crippen molar-refractivity contribution in [1.29, 1.82) is 0 Å². The van der Waals surface area contributed by atoms with Gasteiger partial charge in [0.15, 0.2) is 5.78 Å². The first-order chi connectivity index (χ1) is 8.15. The van der Waals surface area contributed by atoms with E-state index in [9.17, 15) is 9.59 Å². The molecule has 2 amide bonds. The molecule has 0 bridgehead atoms. The predicted octanol–water partition coefficient (Wildman–Crippen LogP) is 2.08. The molecule has 0 spiro atoms. The normalized spacial score (nSPS) is 23.9. The van der Waals surface area contributed by atoms with Crippen LogP contribution in [0.15, 0.2) is 17.5 Å². The molecule has 4 nitrogen and oxygen atoms in total. The van der Waals surface area contributed by atoms with E-state index in [2.05, 4.69) is 10.6 Å². The smallest absolute Gasteiger partial charge is 0.315 e. The van der Waals surface area contributed by atoms with E-state index in [0.717, 1.165) is 11.3 Å². The van der Waals surface area contributed by atoms with Crippen LogP contribution in [0.5, 0.6) is 0 Å². The molecule has 0 aromatic carbocycles. The van der Waals surface area contributed by atoms with Gasteiger partial charge < -0.3 is 10.6 Å². The number of carbonyl (C=O) groups excluding carboxylic acids is 2. The van der Waals surface area contributed by atoms with Crippen molar-refractivity contribution in [3.63, 3.8) is 0 Å². The van der Waals surface area contributed by atoms with E-state index >= 15 is 0 Å². The lowest BCUT2D eigenvalue weighted by Gasteiger charge is -2.28. The molecule has 1 aromatic rings. The van der Waals surface area contributed by atoms with E-state index in [4.69, 9.17) is 0 Å². The Morgan fingerprint density at radius 3 is 3.06 bits per heavy atom. The summed E-state index contributed by atoms with van der Waals surface area (Å²) in [6.07, 6.45) is 0.841. The lowest BCUT2D eigenvalue weighted by atomic mass is 10.2. The number of hydrogen-bond donors (Lipinski definition) is 2. The molecule has 1 fully saturated rings. The molecule has 17 heavy (non-hydrogen) atoms. The highest BCUT2D eigenvalue weighted by Crippen LogP contribution is 2.19. The van der Waals surface area contributed by atoms with Crippen molar-refractivity contribution < 1.29 is 9.59 Å². The van der Waals surface area contributed by atoms with Crippen LogP contribution in [0.1, 0.15) is 23.0 Å². The van der Waals surface area contributed by atoms with Gasteiger partial charge in [0.25, 0.3) is 0 Å². The van der Waals surface area contributed by atoms with Gasteiger partial charge in [0.1, 0.15) is 0 Å². The number of rotatable bonds is 4. The quantitative estimate of drug-likeness (QED) is 0.824. The number of carbonyl (C=O) groups is 2. The number of amides is 2. The van der Waals surface area contributed by atoms with Crippen LogP contribution in [-0.4, -0.2) is 29.0 Å². The van der Waals surface area contributed by atoms with E-state index in [1.54, 1.807) is 0 Å². The molecule has 2 rings (SSSR count). The van der Waals surface area contributed by atoms with E-state index in [1.165, 1.54) is 23.1 Å².